The molecule has 0 aromatic rings. The minimum absolute atomic E-state index is 0.0121. The fourth-order valence-electron chi connectivity index (χ4n) is 1.29. The van der Waals surface area contributed by atoms with Crippen molar-refractivity contribution < 1.29 is 19.5 Å². The molecule has 3 N–H and O–H groups in total. The van der Waals surface area contributed by atoms with Gasteiger partial charge in [-0.3, -0.25) is 14.4 Å². The fourth-order valence-corrected chi connectivity index (χ4v) is 1.29. The third-order valence-electron chi connectivity index (χ3n) is 2.24. The van der Waals surface area contributed by atoms with Gasteiger partial charge in [0.15, 0.2) is 0 Å². The van der Waals surface area contributed by atoms with Crippen LogP contribution in [0.3, 0.4) is 0 Å². The lowest BCUT2D eigenvalue weighted by molar-refractivity contribution is -0.138. The Labute approximate surface area is 101 Å². The maximum absolute atomic E-state index is 11.7. The highest BCUT2D eigenvalue weighted by Crippen LogP contribution is 2.11. The molecule has 0 rings (SSSR count). The first-order valence-corrected chi connectivity index (χ1v) is 5.45. The summed E-state index contributed by atoms with van der Waals surface area (Å²) >= 11 is 0. The number of rotatable bonds is 6. The van der Waals surface area contributed by atoms with Crippen molar-refractivity contribution in [1.29, 1.82) is 0 Å². The predicted octanol–water partition coefficient (Wildman–Crippen LogP) is 0.271. The van der Waals surface area contributed by atoms with Crippen molar-refractivity contribution in [3.05, 3.63) is 0 Å². The third kappa shape index (κ3) is 7.32. The number of carboxylic acids is 1. The zero-order valence-electron chi connectivity index (χ0n) is 10.7. The predicted molar refractivity (Wildman–Crippen MR) is 62.4 cm³/mol. The first kappa shape index (κ1) is 15.4. The smallest absolute Gasteiger partial charge is 0.303 e. The molecule has 0 saturated carbocycles. The van der Waals surface area contributed by atoms with E-state index in [1.807, 2.05) is 0 Å². The Morgan fingerprint density at radius 2 is 1.82 bits per heavy atom. The Morgan fingerprint density at radius 3 is 2.24 bits per heavy atom. The first-order chi connectivity index (χ1) is 7.64. The number of nitrogens with one attached hydrogen (secondary N) is 2. The molecule has 0 bridgehead atoms. The second-order valence-corrected chi connectivity index (χ2v) is 4.69. The molecule has 0 radical (unpaired) electrons. The summed E-state index contributed by atoms with van der Waals surface area (Å²) in [6.45, 7) is 6.39. The van der Waals surface area contributed by atoms with Gasteiger partial charge < -0.3 is 15.7 Å². The van der Waals surface area contributed by atoms with Crippen LogP contribution in [0.5, 0.6) is 0 Å². The highest BCUT2D eigenvalue weighted by Gasteiger charge is 2.24. The van der Waals surface area contributed by atoms with Crippen LogP contribution >= 0.6 is 0 Å². The summed E-state index contributed by atoms with van der Waals surface area (Å²) in [6.07, 6.45) is 0.322. The topological polar surface area (TPSA) is 95.5 Å². The van der Waals surface area contributed by atoms with Gasteiger partial charge in [0.25, 0.3) is 0 Å². The van der Waals surface area contributed by atoms with Gasteiger partial charge in [-0.05, 0) is 27.2 Å². The maximum atomic E-state index is 11.7. The molecular weight excluding hydrogens is 224 g/mol. The number of amides is 2. The van der Waals surface area contributed by atoms with Crippen molar-refractivity contribution in [2.45, 2.75) is 52.1 Å². The lowest BCUT2D eigenvalue weighted by Crippen LogP contribution is -2.51. The normalized spacial score (nSPS) is 12.7. The molecule has 0 aliphatic rings. The van der Waals surface area contributed by atoms with Crippen LogP contribution in [0.2, 0.25) is 0 Å². The number of carbonyl (C=O) groups is 3. The Balaban J connectivity index is 4.25. The molecule has 1 atom stereocenters. The van der Waals surface area contributed by atoms with E-state index < -0.39 is 17.6 Å². The van der Waals surface area contributed by atoms with Gasteiger partial charge in [0.05, 0.1) is 0 Å². The van der Waals surface area contributed by atoms with Crippen LogP contribution in [0.1, 0.15) is 40.5 Å². The van der Waals surface area contributed by atoms with Gasteiger partial charge in [-0.2, -0.15) is 0 Å². The van der Waals surface area contributed by atoms with Crippen molar-refractivity contribution in [3.63, 3.8) is 0 Å². The van der Waals surface area contributed by atoms with Gasteiger partial charge >= 0.3 is 5.97 Å². The summed E-state index contributed by atoms with van der Waals surface area (Å²) in [7, 11) is 0. The summed E-state index contributed by atoms with van der Waals surface area (Å²) in [4.78, 5) is 32.9. The second-order valence-electron chi connectivity index (χ2n) is 4.69. The quantitative estimate of drug-likeness (QED) is 0.625. The van der Waals surface area contributed by atoms with E-state index in [0.29, 0.717) is 6.42 Å². The van der Waals surface area contributed by atoms with Gasteiger partial charge in [-0.15, -0.1) is 0 Å². The summed E-state index contributed by atoms with van der Waals surface area (Å²) in [6, 6.07) is -0.628. The minimum atomic E-state index is -0.901. The highest BCUT2D eigenvalue weighted by atomic mass is 16.4. The molecule has 0 spiro atoms. The van der Waals surface area contributed by atoms with Gasteiger partial charge in [-0.25, -0.2) is 0 Å². The molecule has 0 aromatic heterocycles. The maximum Gasteiger partial charge on any atom is 0.303 e. The molecular formula is C11H20N2O4. The molecule has 0 aliphatic heterocycles. The largest absolute Gasteiger partial charge is 0.481 e. The molecule has 6 nitrogen and oxygen atoms in total. The molecule has 1 unspecified atom stereocenters. The highest BCUT2D eigenvalue weighted by molar-refractivity contribution is 5.86. The van der Waals surface area contributed by atoms with Gasteiger partial charge in [0.1, 0.15) is 6.04 Å². The molecule has 17 heavy (non-hydrogen) atoms. The van der Waals surface area contributed by atoms with E-state index in [1.54, 1.807) is 20.8 Å². The Bertz CT molecular complexity index is 313. The SMILES string of the molecule is CC(=O)NC(C)C(=O)NC(C)(C)CCC(=O)O. The van der Waals surface area contributed by atoms with Crippen molar-refractivity contribution in [3.8, 4) is 0 Å². The Kier molecular flexibility index (Phi) is 5.64. The standard InChI is InChI=1S/C11H20N2O4/c1-7(12-8(2)14)10(17)13-11(3,4)6-5-9(15)16/h7H,5-6H2,1-4H3,(H,12,14)(H,13,17)(H,15,16). The lowest BCUT2D eigenvalue weighted by Gasteiger charge is -2.27. The van der Waals surface area contributed by atoms with Crippen LogP contribution in [0, 0.1) is 0 Å². The van der Waals surface area contributed by atoms with Crippen LogP contribution in [0.15, 0.2) is 0 Å². The molecule has 0 saturated heterocycles. The Morgan fingerprint density at radius 1 is 1.29 bits per heavy atom. The Hall–Kier alpha value is -1.59. The van der Waals surface area contributed by atoms with Crippen molar-refractivity contribution in [1.82, 2.24) is 10.6 Å². The molecule has 0 aromatic carbocycles. The number of hydrogen-bond donors (Lipinski definition) is 3. The van der Waals surface area contributed by atoms with Gasteiger partial charge in [-0.1, -0.05) is 0 Å². The first-order valence-electron chi connectivity index (χ1n) is 5.45. The van der Waals surface area contributed by atoms with E-state index >= 15 is 0 Å². The van der Waals surface area contributed by atoms with E-state index in [-0.39, 0.29) is 18.2 Å². The summed E-state index contributed by atoms with van der Waals surface area (Å²) < 4.78 is 0. The van der Waals surface area contributed by atoms with Crippen LogP contribution in [-0.4, -0.2) is 34.5 Å². The number of carboxylic acid groups (broad SMARTS) is 1. The summed E-state index contributed by atoms with van der Waals surface area (Å²) in [5.41, 5.74) is -0.609. The monoisotopic (exact) mass is 244 g/mol. The third-order valence-corrected chi connectivity index (χ3v) is 2.24. The van der Waals surface area contributed by atoms with E-state index in [2.05, 4.69) is 10.6 Å². The second kappa shape index (κ2) is 6.22. The van der Waals surface area contributed by atoms with Crippen LogP contribution < -0.4 is 10.6 Å². The zero-order valence-corrected chi connectivity index (χ0v) is 10.7. The van der Waals surface area contributed by atoms with E-state index in [0.717, 1.165) is 0 Å². The summed E-state index contributed by atoms with van der Waals surface area (Å²) in [5.74, 6) is -1.51. The molecule has 0 fully saturated rings. The molecule has 98 valence electrons. The average Bonchev–Trinajstić information content (AvgIpc) is 2.13. The van der Waals surface area contributed by atoms with Crippen LogP contribution in [0.4, 0.5) is 0 Å². The van der Waals surface area contributed by atoms with Crippen molar-refractivity contribution in [2.24, 2.45) is 0 Å². The molecule has 0 heterocycles. The molecule has 6 heteroatoms. The summed E-state index contributed by atoms with van der Waals surface area (Å²) in [5, 5.41) is 13.7. The van der Waals surface area contributed by atoms with E-state index in [4.69, 9.17) is 5.11 Å². The van der Waals surface area contributed by atoms with Crippen LogP contribution in [0.25, 0.3) is 0 Å². The van der Waals surface area contributed by atoms with Crippen LogP contribution in [-0.2, 0) is 14.4 Å². The van der Waals surface area contributed by atoms with Crippen molar-refractivity contribution >= 4 is 17.8 Å². The molecule has 2 amide bonds. The van der Waals surface area contributed by atoms with Gasteiger partial charge in [0, 0.05) is 18.9 Å². The van der Waals surface area contributed by atoms with E-state index in [9.17, 15) is 14.4 Å². The minimum Gasteiger partial charge on any atom is -0.481 e. The number of aliphatic carboxylic acids is 1. The van der Waals surface area contributed by atoms with E-state index in [1.165, 1.54) is 6.92 Å². The fraction of sp³-hybridized carbons (Fsp3) is 0.727. The molecule has 0 aliphatic carbocycles. The average molecular weight is 244 g/mol. The number of hydrogen-bond acceptors (Lipinski definition) is 3. The van der Waals surface area contributed by atoms with Gasteiger partial charge in [0.2, 0.25) is 11.8 Å². The zero-order chi connectivity index (χ0) is 13.6. The number of carbonyl (C=O) groups excluding carboxylic acids is 2. The lowest BCUT2D eigenvalue weighted by atomic mass is 9.98. The van der Waals surface area contributed by atoms with Crippen molar-refractivity contribution in [2.75, 3.05) is 0 Å².